The number of hydrogen-bond donors (Lipinski definition) is 2. The predicted molar refractivity (Wildman–Crippen MR) is 155 cm³/mol. The molecule has 0 amide bonds. The largest absolute Gasteiger partial charge is 0.495 e. The first-order chi connectivity index (χ1) is 20.1. The van der Waals surface area contributed by atoms with Gasteiger partial charge in [0.05, 0.1) is 35.9 Å². The molecule has 1 aliphatic rings. The molecule has 5 aromatic heterocycles. The monoisotopic (exact) mass is 549 g/mol. The quantitative estimate of drug-likeness (QED) is 0.245. The molecule has 2 N–H and O–H groups in total. The Hall–Kier alpha value is -4.83. The summed E-state index contributed by atoms with van der Waals surface area (Å²) in [5.41, 5.74) is 6.71. The zero-order chi connectivity index (χ0) is 27.8. The molecular formula is C31H28FN7O2. The second-order valence-electron chi connectivity index (χ2n) is 10.2. The van der Waals surface area contributed by atoms with Gasteiger partial charge in [-0.1, -0.05) is 0 Å². The molecule has 7 rings (SSSR count). The molecule has 41 heavy (non-hydrogen) atoms. The number of aromatic amines is 2. The van der Waals surface area contributed by atoms with Gasteiger partial charge in [0.15, 0.2) is 0 Å². The highest BCUT2D eigenvalue weighted by Crippen LogP contribution is 2.34. The average molecular weight is 550 g/mol. The van der Waals surface area contributed by atoms with Gasteiger partial charge in [0, 0.05) is 47.0 Å². The van der Waals surface area contributed by atoms with Crippen LogP contribution in [0.5, 0.6) is 11.5 Å². The lowest BCUT2D eigenvalue weighted by Crippen LogP contribution is -2.25. The molecule has 0 radical (unpaired) electrons. The van der Waals surface area contributed by atoms with Crippen molar-refractivity contribution < 1.29 is 13.9 Å². The SMILES string of the molecule is COc1cncc(-c2ccc3[nH]nc(-c4cc5c(-c6cc(F)cc(OCCN7CCCC7)c6)nccc5[nH]4)c3n2)c1. The molecule has 0 unspecified atom stereocenters. The van der Waals surface area contributed by atoms with Crippen molar-refractivity contribution >= 4 is 21.9 Å². The Morgan fingerprint density at radius 2 is 1.80 bits per heavy atom. The Labute approximate surface area is 235 Å². The molecule has 10 heteroatoms. The Morgan fingerprint density at radius 3 is 2.68 bits per heavy atom. The molecule has 1 aromatic carbocycles. The summed E-state index contributed by atoms with van der Waals surface area (Å²) in [7, 11) is 1.61. The van der Waals surface area contributed by atoms with E-state index in [0.717, 1.165) is 53.0 Å². The summed E-state index contributed by atoms with van der Waals surface area (Å²) in [5.74, 6) is 0.788. The van der Waals surface area contributed by atoms with Crippen LogP contribution in [0.4, 0.5) is 4.39 Å². The molecule has 0 bridgehead atoms. The van der Waals surface area contributed by atoms with Crippen molar-refractivity contribution in [1.82, 2.24) is 35.0 Å². The second-order valence-corrected chi connectivity index (χ2v) is 10.2. The molecule has 1 aliphatic heterocycles. The first-order valence-corrected chi connectivity index (χ1v) is 13.6. The maximum absolute atomic E-state index is 14.7. The summed E-state index contributed by atoms with van der Waals surface area (Å²) >= 11 is 0. The van der Waals surface area contributed by atoms with Crippen LogP contribution in [0.3, 0.4) is 0 Å². The van der Waals surface area contributed by atoms with E-state index in [0.29, 0.717) is 40.6 Å². The number of halogens is 1. The minimum atomic E-state index is -0.365. The minimum Gasteiger partial charge on any atom is -0.495 e. The molecule has 1 saturated heterocycles. The number of aromatic nitrogens is 6. The maximum atomic E-state index is 14.7. The normalized spacial score (nSPS) is 13.8. The van der Waals surface area contributed by atoms with Crippen molar-refractivity contribution in [3.63, 3.8) is 0 Å². The number of nitrogens with zero attached hydrogens (tertiary/aromatic N) is 5. The van der Waals surface area contributed by atoms with Gasteiger partial charge in [-0.25, -0.2) is 9.37 Å². The summed E-state index contributed by atoms with van der Waals surface area (Å²) in [5, 5.41) is 8.49. The molecule has 6 aromatic rings. The molecule has 0 saturated carbocycles. The Morgan fingerprint density at radius 1 is 0.927 bits per heavy atom. The molecule has 0 atom stereocenters. The van der Waals surface area contributed by atoms with Gasteiger partial charge in [0.25, 0.3) is 0 Å². The molecule has 6 heterocycles. The van der Waals surface area contributed by atoms with Gasteiger partial charge >= 0.3 is 0 Å². The van der Waals surface area contributed by atoms with Gasteiger partial charge in [-0.3, -0.25) is 20.0 Å². The Kier molecular flexibility index (Phi) is 6.52. The number of likely N-dealkylation sites (tertiary alicyclic amines) is 1. The van der Waals surface area contributed by atoms with E-state index in [4.69, 9.17) is 14.5 Å². The number of rotatable bonds is 8. The highest BCUT2D eigenvalue weighted by Gasteiger charge is 2.17. The van der Waals surface area contributed by atoms with E-state index >= 15 is 0 Å². The van der Waals surface area contributed by atoms with Crippen LogP contribution in [0.15, 0.2) is 67.1 Å². The second kappa shape index (κ2) is 10.6. The Bertz CT molecular complexity index is 1860. The lowest BCUT2D eigenvalue weighted by molar-refractivity contribution is 0.237. The molecular weight excluding hydrogens is 521 g/mol. The number of hydrogen-bond acceptors (Lipinski definition) is 7. The van der Waals surface area contributed by atoms with E-state index in [9.17, 15) is 4.39 Å². The fourth-order valence-corrected chi connectivity index (χ4v) is 5.41. The third-order valence-corrected chi connectivity index (χ3v) is 7.48. The maximum Gasteiger partial charge on any atom is 0.137 e. The third kappa shape index (κ3) is 4.98. The van der Waals surface area contributed by atoms with Gasteiger partial charge in [0.1, 0.15) is 35.1 Å². The van der Waals surface area contributed by atoms with Crippen molar-refractivity contribution in [2.45, 2.75) is 12.8 Å². The van der Waals surface area contributed by atoms with Crippen LogP contribution in [0, 0.1) is 5.82 Å². The molecule has 0 aliphatic carbocycles. The van der Waals surface area contributed by atoms with Crippen LogP contribution in [0.1, 0.15) is 12.8 Å². The van der Waals surface area contributed by atoms with E-state index in [1.807, 2.05) is 36.4 Å². The van der Waals surface area contributed by atoms with Gasteiger partial charge in [-0.15, -0.1) is 0 Å². The zero-order valence-electron chi connectivity index (χ0n) is 22.5. The zero-order valence-corrected chi connectivity index (χ0v) is 22.5. The highest BCUT2D eigenvalue weighted by atomic mass is 19.1. The lowest BCUT2D eigenvalue weighted by Gasteiger charge is -2.15. The molecule has 0 spiro atoms. The van der Waals surface area contributed by atoms with E-state index in [1.54, 1.807) is 25.7 Å². The van der Waals surface area contributed by atoms with Gasteiger partial charge in [-0.05, 0) is 68.4 Å². The van der Waals surface area contributed by atoms with Crippen molar-refractivity contribution in [1.29, 1.82) is 0 Å². The van der Waals surface area contributed by atoms with Gasteiger partial charge < -0.3 is 14.5 Å². The first-order valence-electron chi connectivity index (χ1n) is 13.6. The summed E-state index contributed by atoms with van der Waals surface area (Å²) in [6, 6.07) is 14.4. The van der Waals surface area contributed by atoms with E-state index < -0.39 is 0 Å². The molecule has 1 fully saturated rings. The first kappa shape index (κ1) is 25.2. The minimum absolute atomic E-state index is 0.365. The molecule has 206 valence electrons. The van der Waals surface area contributed by atoms with E-state index in [1.165, 1.54) is 25.0 Å². The lowest BCUT2D eigenvalue weighted by atomic mass is 10.1. The van der Waals surface area contributed by atoms with Crippen LogP contribution in [0.2, 0.25) is 0 Å². The fraction of sp³-hybridized carbons (Fsp3) is 0.226. The fourth-order valence-electron chi connectivity index (χ4n) is 5.41. The van der Waals surface area contributed by atoms with Crippen LogP contribution >= 0.6 is 0 Å². The van der Waals surface area contributed by atoms with Crippen molar-refractivity contribution in [3.8, 4) is 45.4 Å². The number of methoxy groups -OCH3 is 1. The smallest absolute Gasteiger partial charge is 0.137 e. The summed E-state index contributed by atoms with van der Waals surface area (Å²) in [4.78, 5) is 19.6. The van der Waals surface area contributed by atoms with Crippen molar-refractivity contribution in [2.75, 3.05) is 33.4 Å². The van der Waals surface area contributed by atoms with Gasteiger partial charge in [0.2, 0.25) is 0 Å². The van der Waals surface area contributed by atoms with Crippen LogP contribution in [-0.2, 0) is 0 Å². The van der Waals surface area contributed by atoms with E-state index in [-0.39, 0.29) is 5.82 Å². The summed E-state index contributed by atoms with van der Waals surface area (Å²) in [6.07, 6.45) is 7.57. The topological polar surface area (TPSA) is 105 Å². The Balaban J connectivity index is 1.23. The van der Waals surface area contributed by atoms with Crippen molar-refractivity contribution in [2.24, 2.45) is 0 Å². The van der Waals surface area contributed by atoms with Crippen molar-refractivity contribution in [3.05, 3.63) is 72.9 Å². The average Bonchev–Trinajstić information content (AvgIpc) is 3.76. The third-order valence-electron chi connectivity index (χ3n) is 7.48. The highest BCUT2D eigenvalue weighted by molar-refractivity contribution is 5.99. The molecule has 9 nitrogen and oxygen atoms in total. The number of pyridine rings is 3. The number of nitrogens with one attached hydrogen (secondary N) is 2. The number of H-pyrrole nitrogens is 2. The number of benzene rings is 1. The summed E-state index contributed by atoms with van der Waals surface area (Å²) in [6.45, 7) is 3.55. The van der Waals surface area contributed by atoms with Crippen LogP contribution < -0.4 is 9.47 Å². The number of fused-ring (bicyclic) bond motifs is 2. The van der Waals surface area contributed by atoms with Crippen LogP contribution in [-0.4, -0.2) is 68.4 Å². The predicted octanol–water partition coefficient (Wildman–Crippen LogP) is 5.85. The standard InChI is InChI=1S/C31H28FN7O2/c1-40-23-14-20(17-33-18-23)25-4-5-27-30(36-25)31(38-37-27)28-16-24-26(35-28)6-7-34-29(24)19-12-21(32)15-22(13-19)41-11-10-39-8-2-3-9-39/h4-7,12-18,35H,2-3,8-11H2,1H3,(H,37,38). The van der Waals surface area contributed by atoms with E-state index in [2.05, 4.69) is 30.0 Å². The number of ether oxygens (including phenoxy) is 2. The van der Waals surface area contributed by atoms with Crippen LogP contribution in [0.25, 0.3) is 55.8 Å². The summed E-state index contributed by atoms with van der Waals surface area (Å²) < 4.78 is 26.0. The van der Waals surface area contributed by atoms with Gasteiger partial charge in [-0.2, -0.15) is 5.10 Å².